The van der Waals surface area contributed by atoms with Crippen molar-refractivity contribution in [2.75, 3.05) is 49.1 Å². The van der Waals surface area contributed by atoms with Gasteiger partial charge in [-0.25, -0.2) is 4.39 Å². The maximum atomic E-state index is 13.9. The van der Waals surface area contributed by atoms with Crippen molar-refractivity contribution in [3.8, 4) is 0 Å². The zero-order valence-electron chi connectivity index (χ0n) is 15.4. The number of rotatable bonds is 5. The number of hydrogen-bond acceptors (Lipinski definition) is 4. The highest BCUT2D eigenvalue weighted by Gasteiger charge is 2.24. The topological polar surface area (TPSA) is 39.7 Å². The van der Waals surface area contributed by atoms with E-state index >= 15 is 0 Å². The highest BCUT2D eigenvalue weighted by atomic mass is 19.1. The Morgan fingerprint density at radius 1 is 1.12 bits per heavy atom. The largest absolute Gasteiger partial charge is 0.371 e. The lowest BCUT2D eigenvalue weighted by Crippen LogP contribution is -2.49. The summed E-state index contributed by atoms with van der Waals surface area (Å²) in [4.78, 5) is 23.1. The number of benzene rings is 1. The summed E-state index contributed by atoms with van der Waals surface area (Å²) >= 11 is 0. The second-order valence-electron chi connectivity index (χ2n) is 6.33. The van der Waals surface area contributed by atoms with E-state index < -0.39 is 0 Å². The van der Waals surface area contributed by atoms with Crippen molar-refractivity contribution in [2.24, 2.45) is 0 Å². The van der Waals surface area contributed by atoms with Crippen molar-refractivity contribution in [1.82, 2.24) is 9.88 Å². The van der Waals surface area contributed by atoms with Crippen molar-refractivity contribution in [1.29, 1.82) is 0 Å². The van der Waals surface area contributed by atoms with Crippen LogP contribution in [0.25, 0.3) is 0 Å². The summed E-state index contributed by atoms with van der Waals surface area (Å²) in [5, 5.41) is 0. The Morgan fingerprint density at radius 2 is 1.81 bits per heavy atom. The predicted octanol–water partition coefficient (Wildman–Crippen LogP) is 3.03. The average molecular weight is 356 g/mol. The minimum atomic E-state index is -0.219. The number of halogens is 1. The molecule has 1 aromatic heterocycles. The van der Waals surface area contributed by atoms with E-state index in [2.05, 4.69) is 23.7 Å². The molecule has 138 valence electrons. The van der Waals surface area contributed by atoms with Crippen LogP contribution in [0.4, 0.5) is 15.8 Å². The molecule has 6 heteroatoms. The normalized spacial score (nSPS) is 14.4. The summed E-state index contributed by atoms with van der Waals surface area (Å²) in [6, 6.07) is 8.68. The van der Waals surface area contributed by atoms with Gasteiger partial charge in [-0.15, -0.1) is 0 Å². The fourth-order valence-electron chi connectivity index (χ4n) is 3.35. The predicted molar refractivity (Wildman–Crippen MR) is 102 cm³/mol. The van der Waals surface area contributed by atoms with Crippen molar-refractivity contribution < 1.29 is 9.18 Å². The molecule has 1 aromatic carbocycles. The van der Waals surface area contributed by atoms with E-state index in [4.69, 9.17) is 0 Å². The van der Waals surface area contributed by atoms with Gasteiger partial charge in [0, 0.05) is 45.5 Å². The fraction of sp³-hybridized carbons (Fsp3) is 0.400. The summed E-state index contributed by atoms with van der Waals surface area (Å²) < 4.78 is 13.9. The van der Waals surface area contributed by atoms with Crippen LogP contribution in [0.15, 0.2) is 42.7 Å². The van der Waals surface area contributed by atoms with Gasteiger partial charge in [-0.2, -0.15) is 0 Å². The first-order valence-corrected chi connectivity index (χ1v) is 9.12. The lowest BCUT2D eigenvalue weighted by Gasteiger charge is -2.36. The molecular weight excluding hydrogens is 331 g/mol. The minimum absolute atomic E-state index is 0.0142. The van der Waals surface area contributed by atoms with Crippen molar-refractivity contribution in [3.63, 3.8) is 0 Å². The number of hydrogen-bond donors (Lipinski definition) is 0. The first kappa shape index (κ1) is 18.2. The molecule has 0 atom stereocenters. The molecule has 26 heavy (non-hydrogen) atoms. The van der Waals surface area contributed by atoms with Gasteiger partial charge in [-0.1, -0.05) is 12.1 Å². The van der Waals surface area contributed by atoms with E-state index in [0.717, 1.165) is 18.8 Å². The second-order valence-corrected chi connectivity index (χ2v) is 6.33. The Hall–Kier alpha value is -2.63. The second kappa shape index (κ2) is 8.17. The molecule has 1 aliphatic heterocycles. The van der Waals surface area contributed by atoms with E-state index in [9.17, 15) is 9.18 Å². The van der Waals surface area contributed by atoms with E-state index in [-0.39, 0.29) is 11.7 Å². The van der Waals surface area contributed by atoms with Crippen LogP contribution in [-0.4, -0.2) is 55.1 Å². The third-order valence-corrected chi connectivity index (χ3v) is 4.86. The molecule has 1 aliphatic rings. The molecule has 0 N–H and O–H groups in total. The summed E-state index contributed by atoms with van der Waals surface area (Å²) in [7, 11) is 0. The minimum Gasteiger partial charge on any atom is -0.371 e. The van der Waals surface area contributed by atoms with Gasteiger partial charge in [-0.3, -0.25) is 9.78 Å². The summed E-state index contributed by atoms with van der Waals surface area (Å²) in [6.07, 6.45) is 3.42. The van der Waals surface area contributed by atoms with Gasteiger partial charge < -0.3 is 14.7 Å². The molecular formula is C20H25FN4O. The van der Waals surface area contributed by atoms with Crippen molar-refractivity contribution >= 4 is 17.3 Å². The van der Waals surface area contributed by atoms with E-state index in [1.165, 1.54) is 6.07 Å². The van der Waals surface area contributed by atoms with Gasteiger partial charge in [0.2, 0.25) is 0 Å². The number of amides is 1. The Bertz CT molecular complexity index is 755. The highest BCUT2D eigenvalue weighted by Crippen LogP contribution is 2.21. The third kappa shape index (κ3) is 3.79. The molecule has 1 saturated heterocycles. The molecule has 0 bridgehead atoms. The maximum absolute atomic E-state index is 13.9. The molecule has 0 radical (unpaired) electrons. The van der Waals surface area contributed by atoms with Crippen LogP contribution in [0.5, 0.6) is 0 Å². The molecule has 2 heterocycles. The first-order chi connectivity index (χ1) is 12.6. The van der Waals surface area contributed by atoms with Crippen LogP contribution in [0.3, 0.4) is 0 Å². The number of nitrogens with zero attached hydrogens (tertiary/aromatic N) is 4. The SMILES string of the molecule is CCN(CC)c1cncc(C(=O)N2CCN(c3ccccc3F)CC2)c1. The fourth-order valence-corrected chi connectivity index (χ4v) is 3.35. The van der Waals surface area contributed by atoms with Gasteiger partial charge in [0.1, 0.15) is 5.82 Å². The van der Waals surface area contributed by atoms with Gasteiger partial charge in [0.15, 0.2) is 0 Å². The maximum Gasteiger partial charge on any atom is 0.255 e. The van der Waals surface area contributed by atoms with Gasteiger partial charge >= 0.3 is 0 Å². The summed E-state index contributed by atoms with van der Waals surface area (Å²) in [5.41, 5.74) is 2.17. The van der Waals surface area contributed by atoms with Crippen LogP contribution >= 0.6 is 0 Å². The Balaban J connectivity index is 1.67. The monoisotopic (exact) mass is 356 g/mol. The molecule has 5 nitrogen and oxygen atoms in total. The van der Waals surface area contributed by atoms with Crippen LogP contribution in [0.1, 0.15) is 24.2 Å². The molecule has 1 amide bonds. The van der Waals surface area contributed by atoms with E-state index in [0.29, 0.717) is 37.4 Å². The van der Waals surface area contributed by atoms with Crippen LogP contribution in [0, 0.1) is 5.82 Å². The molecule has 0 aliphatic carbocycles. The summed E-state index contributed by atoms with van der Waals surface area (Å²) in [6.45, 7) is 8.30. The lowest BCUT2D eigenvalue weighted by molar-refractivity contribution is 0.0746. The number of carbonyl (C=O) groups excluding carboxylic acids is 1. The Morgan fingerprint density at radius 3 is 2.46 bits per heavy atom. The molecule has 0 spiro atoms. The number of piperazine rings is 1. The van der Waals surface area contributed by atoms with Crippen molar-refractivity contribution in [3.05, 3.63) is 54.1 Å². The zero-order valence-corrected chi connectivity index (χ0v) is 15.4. The molecule has 2 aromatic rings. The van der Waals surface area contributed by atoms with Crippen LogP contribution < -0.4 is 9.80 Å². The number of pyridine rings is 1. The van der Waals surface area contributed by atoms with Crippen LogP contribution in [-0.2, 0) is 0 Å². The van der Waals surface area contributed by atoms with E-state index in [1.807, 2.05) is 21.9 Å². The molecule has 1 fully saturated rings. The highest BCUT2D eigenvalue weighted by molar-refractivity contribution is 5.95. The number of para-hydroxylation sites is 1. The number of anilines is 2. The Kier molecular flexibility index (Phi) is 5.71. The zero-order chi connectivity index (χ0) is 18.5. The number of carbonyl (C=O) groups is 1. The smallest absolute Gasteiger partial charge is 0.255 e. The quantitative estimate of drug-likeness (QED) is 0.826. The average Bonchev–Trinajstić information content (AvgIpc) is 2.69. The van der Waals surface area contributed by atoms with E-state index in [1.54, 1.807) is 24.5 Å². The lowest BCUT2D eigenvalue weighted by atomic mass is 10.2. The standard InChI is InChI=1S/C20H25FN4O/c1-3-23(4-2)17-13-16(14-22-15-17)20(26)25-11-9-24(10-12-25)19-8-6-5-7-18(19)21/h5-8,13-15H,3-4,9-12H2,1-2H3. The van der Waals surface area contributed by atoms with Gasteiger partial charge in [0.05, 0.1) is 23.1 Å². The first-order valence-electron chi connectivity index (χ1n) is 9.12. The molecule has 3 rings (SSSR count). The summed E-state index contributed by atoms with van der Waals surface area (Å²) in [5.74, 6) is -0.233. The third-order valence-electron chi connectivity index (χ3n) is 4.86. The van der Waals surface area contributed by atoms with Gasteiger partial charge in [0.25, 0.3) is 5.91 Å². The van der Waals surface area contributed by atoms with Crippen LogP contribution in [0.2, 0.25) is 0 Å². The molecule has 0 saturated carbocycles. The van der Waals surface area contributed by atoms with Crippen molar-refractivity contribution in [2.45, 2.75) is 13.8 Å². The Labute approximate surface area is 154 Å². The number of aromatic nitrogens is 1. The van der Waals surface area contributed by atoms with Gasteiger partial charge in [-0.05, 0) is 32.0 Å². The molecule has 0 unspecified atom stereocenters.